The van der Waals surface area contributed by atoms with Gasteiger partial charge in [-0.25, -0.2) is 13.2 Å². The number of carbonyl (C=O) groups is 2. The molecule has 0 spiro atoms. The van der Waals surface area contributed by atoms with Gasteiger partial charge in [0, 0.05) is 12.2 Å². The summed E-state index contributed by atoms with van der Waals surface area (Å²) in [6.45, 7) is 4.68. The maximum Gasteiger partial charge on any atom is 0.323 e. The number of rotatable bonds is 12. The third-order valence-corrected chi connectivity index (χ3v) is 6.23. The molecule has 0 saturated heterocycles. The number of amides is 2. The van der Waals surface area contributed by atoms with Crippen LogP contribution in [0.2, 0.25) is 0 Å². The van der Waals surface area contributed by atoms with E-state index < -0.39 is 22.0 Å². The van der Waals surface area contributed by atoms with Gasteiger partial charge in [-0.1, -0.05) is 17.7 Å². The smallest absolute Gasteiger partial charge is 0.323 e. The summed E-state index contributed by atoms with van der Waals surface area (Å²) in [6.07, 6.45) is 1.29. The number of nitrogens with one attached hydrogen (secondary N) is 3. The number of sulfonamides is 1. The normalized spacial score (nSPS) is 12.0. The van der Waals surface area contributed by atoms with Crippen LogP contribution in [0, 0.1) is 6.92 Å². The number of esters is 1. The number of aryl methyl sites for hydroxylation is 1. The van der Waals surface area contributed by atoms with E-state index in [0.717, 1.165) is 11.3 Å². The van der Waals surface area contributed by atoms with Crippen LogP contribution in [0.5, 0.6) is 5.75 Å². The molecular weight excluding hydrogens is 446 g/mol. The second-order valence-electron chi connectivity index (χ2n) is 7.34. The molecule has 9 nitrogen and oxygen atoms in total. The molecule has 180 valence electrons. The topological polar surface area (TPSA) is 123 Å². The van der Waals surface area contributed by atoms with Crippen molar-refractivity contribution in [2.75, 3.05) is 25.6 Å². The predicted molar refractivity (Wildman–Crippen MR) is 126 cm³/mol. The van der Waals surface area contributed by atoms with E-state index in [2.05, 4.69) is 15.4 Å². The van der Waals surface area contributed by atoms with E-state index in [1.54, 1.807) is 36.4 Å². The zero-order valence-corrected chi connectivity index (χ0v) is 19.9. The van der Waals surface area contributed by atoms with E-state index >= 15 is 0 Å². The number of anilines is 1. The summed E-state index contributed by atoms with van der Waals surface area (Å²) in [5.74, 6) is 0.0634. The Balaban J connectivity index is 1.79. The summed E-state index contributed by atoms with van der Waals surface area (Å²) in [6, 6.07) is 12.0. The SMILES string of the molecule is CCOc1ccc(NC(=O)NCCCCC(NS(=O)(=O)c2ccc(C)cc2)C(=O)OC)cc1. The molecule has 2 aromatic carbocycles. The fourth-order valence-electron chi connectivity index (χ4n) is 2.99. The second-order valence-corrected chi connectivity index (χ2v) is 9.06. The average Bonchev–Trinajstić information content (AvgIpc) is 2.79. The van der Waals surface area contributed by atoms with E-state index in [1.165, 1.54) is 19.2 Å². The molecule has 0 bridgehead atoms. The van der Waals surface area contributed by atoms with Crippen LogP contribution in [-0.4, -0.2) is 46.7 Å². The van der Waals surface area contributed by atoms with Crippen LogP contribution >= 0.6 is 0 Å². The maximum absolute atomic E-state index is 12.6. The van der Waals surface area contributed by atoms with Crippen LogP contribution in [0.15, 0.2) is 53.4 Å². The minimum atomic E-state index is -3.87. The minimum Gasteiger partial charge on any atom is -0.494 e. The fourth-order valence-corrected chi connectivity index (χ4v) is 4.21. The molecule has 0 radical (unpaired) electrons. The van der Waals surface area contributed by atoms with Gasteiger partial charge in [0.15, 0.2) is 0 Å². The molecule has 2 rings (SSSR count). The van der Waals surface area contributed by atoms with Gasteiger partial charge in [-0.05, 0) is 69.5 Å². The van der Waals surface area contributed by atoms with Crippen LogP contribution in [0.25, 0.3) is 0 Å². The third kappa shape index (κ3) is 8.74. The largest absolute Gasteiger partial charge is 0.494 e. The number of hydrogen-bond donors (Lipinski definition) is 3. The first-order chi connectivity index (χ1) is 15.7. The van der Waals surface area contributed by atoms with E-state index in [9.17, 15) is 18.0 Å². The Bertz CT molecular complexity index is 1010. The molecule has 0 aliphatic rings. The number of methoxy groups -OCH3 is 1. The first kappa shape index (κ1) is 26.1. The summed E-state index contributed by atoms with van der Waals surface area (Å²) in [5.41, 5.74) is 1.56. The highest BCUT2D eigenvalue weighted by Crippen LogP contribution is 2.16. The molecule has 33 heavy (non-hydrogen) atoms. The Morgan fingerprint density at radius 1 is 1.00 bits per heavy atom. The van der Waals surface area contributed by atoms with Gasteiger partial charge in [0.05, 0.1) is 18.6 Å². The zero-order chi connectivity index (χ0) is 24.3. The molecule has 0 aliphatic heterocycles. The lowest BCUT2D eigenvalue weighted by molar-refractivity contribution is -0.142. The average molecular weight is 478 g/mol. The van der Waals surface area contributed by atoms with Crippen LogP contribution in [0.4, 0.5) is 10.5 Å². The highest BCUT2D eigenvalue weighted by molar-refractivity contribution is 7.89. The molecule has 1 atom stereocenters. The molecule has 0 fully saturated rings. The van der Waals surface area contributed by atoms with Gasteiger partial charge in [0.1, 0.15) is 11.8 Å². The molecule has 2 aromatic rings. The molecule has 0 saturated carbocycles. The van der Waals surface area contributed by atoms with Crippen molar-refractivity contribution in [1.29, 1.82) is 0 Å². The zero-order valence-electron chi connectivity index (χ0n) is 19.1. The Labute approximate surface area is 194 Å². The van der Waals surface area contributed by atoms with Gasteiger partial charge in [-0.15, -0.1) is 0 Å². The Morgan fingerprint density at radius 3 is 2.27 bits per heavy atom. The molecule has 0 aliphatic carbocycles. The van der Waals surface area contributed by atoms with E-state index in [-0.39, 0.29) is 17.3 Å². The fraction of sp³-hybridized carbons (Fsp3) is 0.391. The molecule has 3 N–H and O–H groups in total. The first-order valence-corrected chi connectivity index (χ1v) is 12.2. The number of carbonyl (C=O) groups excluding carboxylic acids is 2. The minimum absolute atomic E-state index is 0.0784. The summed E-state index contributed by atoms with van der Waals surface area (Å²) < 4.78 is 37.7. The van der Waals surface area contributed by atoms with Gasteiger partial charge in [-0.3, -0.25) is 4.79 Å². The number of ether oxygens (including phenoxy) is 2. The molecule has 10 heteroatoms. The Hall–Kier alpha value is -3.11. The van der Waals surface area contributed by atoms with Crippen molar-refractivity contribution in [3.8, 4) is 5.75 Å². The molecule has 0 heterocycles. The summed E-state index contributed by atoms with van der Waals surface area (Å²) >= 11 is 0. The van der Waals surface area contributed by atoms with Crippen molar-refractivity contribution in [2.24, 2.45) is 0 Å². The number of urea groups is 1. The summed E-state index contributed by atoms with van der Waals surface area (Å²) in [4.78, 5) is 24.2. The van der Waals surface area contributed by atoms with Crippen LogP contribution in [0.3, 0.4) is 0 Å². The van der Waals surface area contributed by atoms with E-state index in [4.69, 9.17) is 9.47 Å². The molecule has 1 unspecified atom stereocenters. The number of unbranched alkanes of at least 4 members (excludes halogenated alkanes) is 1. The second kappa shape index (κ2) is 12.8. The van der Waals surface area contributed by atoms with Crippen molar-refractivity contribution in [2.45, 2.75) is 44.0 Å². The molecule has 2 amide bonds. The van der Waals surface area contributed by atoms with Crippen LogP contribution < -0.4 is 20.1 Å². The van der Waals surface area contributed by atoms with Gasteiger partial charge < -0.3 is 20.1 Å². The third-order valence-electron chi connectivity index (χ3n) is 4.74. The molecular formula is C23H31N3O6S. The number of benzene rings is 2. The van der Waals surface area contributed by atoms with Crippen molar-refractivity contribution in [1.82, 2.24) is 10.0 Å². The van der Waals surface area contributed by atoms with Gasteiger partial charge in [-0.2, -0.15) is 4.72 Å². The standard InChI is InChI=1S/C23H31N3O6S/c1-4-32-19-12-10-18(11-13-19)25-23(28)24-16-6-5-7-21(22(27)31-3)26-33(29,30)20-14-8-17(2)9-15-20/h8-15,21,26H,4-7,16H2,1-3H3,(H2,24,25,28). The lowest BCUT2D eigenvalue weighted by Gasteiger charge is -2.17. The van der Waals surface area contributed by atoms with Crippen molar-refractivity contribution in [3.05, 3.63) is 54.1 Å². The van der Waals surface area contributed by atoms with Crippen molar-refractivity contribution in [3.63, 3.8) is 0 Å². The van der Waals surface area contributed by atoms with E-state index in [0.29, 0.717) is 31.7 Å². The summed E-state index contributed by atoms with van der Waals surface area (Å²) in [7, 11) is -2.66. The molecule has 0 aromatic heterocycles. The predicted octanol–water partition coefficient (Wildman–Crippen LogP) is 3.21. The highest BCUT2D eigenvalue weighted by Gasteiger charge is 2.26. The monoisotopic (exact) mass is 477 g/mol. The quantitative estimate of drug-likeness (QED) is 0.319. The van der Waals surface area contributed by atoms with Crippen molar-refractivity contribution >= 4 is 27.7 Å². The number of hydrogen-bond acceptors (Lipinski definition) is 6. The van der Waals surface area contributed by atoms with E-state index in [1.807, 2.05) is 13.8 Å². The lowest BCUT2D eigenvalue weighted by atomic mass is 10.1. The lowest BCUT2D eigenvalue weighted by Crippen LogP contribution is -2.41. The maximum atomic E-state index is 12.6. The van der Waals surface area contributed by atoms with Crippen LogP contribution in [-0.2, 0) is 19.6 Å². The Kier molecular flexibility index (Phi) is 10.1. The first-order valence-electron chi connectivity index (χ1n) is 10.7. The highest BCUT2D eigenvalue weighted by atomic mass is 32.2. The van der Waals surface area contributed by atoms with Crippen LogP contribution in [0.1, 0.15) is 31.7 Å². The summed E-state index contributed by atoms with van der Waals surface area (Å²) in [5, 5.41) is 5.45. The van der Waals surface area contributed by atoms with Gasteiger partial charge in [0.2, 0.25) is 10.0 Å². The van der Waals surface area contributed by atoms with Crippen molar-refractivity contribution < 1.29 is 27.5 Å². The van der Waals surface area contributed by atoms with Gasteiger partial charge in [0.25, 0.3) is 0 Å². The Morgan fingerprint density at radius 2 is 1.67 bits per heavy atom. The van der Waals surface area contributed by atoms with Gasteiger partial charge >= 0.3 is 12.0 Å².